The monoisotopic (exact) mass is 302 g/mol. The average molecular weight is 302 g/mol. The highest BCUT2D eigenvalue weighted by Crippen LogP contribution is 2.21. The molecular weight excluding hydrogens is 276 g/mol. The van der Waals surface area contributed by atoms with Crippen molar-refractivity contribution in [2.24, 2.45) is 0 Å². The molecule has 0 bridgehead atoms. The molecule has 1 atom stereocenters. The Morgan fingerprint density at radius 2 is 2.14 bits per heavy atom. The summed E-state index contributed by atoms with van der Waals surface area (Å²) < 4.78 is 5.51. The van der Waals surface area contributed by atoms with E-state index in [1.807, 2.05) is 12.1 Å². The van der Waals surface area contributed by atoms with Gasteiger partial charge in [-0.25, -0.2) is 4.98 Å². The molecule has 0 radical (unpaired) electrons. The standard InChI is InChI=1S/C17H26N4O/c1-3-14-13-21(10-9-20(14)11-12-22-4-2)17-18-15-7-5-6-8-16(15)19-17/h5-8,14H,3-4,9-13H2,1-2H3,(H,18,19). The molecule has 1 aliphatic heterocycles. The third-order valence-corrected chi connectivity index (χ3v) is 4.48. The third kappa shape index (κ3) is 3.25. The SMILES string of the molecule is CCOCCN1CCN(c2nc3ccccc3[nH]2)CC1CC. The lowest BCUT2D eigenvalue weighted by Crippen LogP contribution is -2.54. The summed E-state index contributed by atoms with van der Waals surface area (Å²) in [6.07, 6.45) is 1.16. The van der Waals surface area contributed by atoms with Gasteiger partial charge in [0.1, 0.15) is 0 Å². The van der Waals surface area contributed by atoms with Gasteiger partial charge in [0, 0.05) is 38.8 Å². The highest BCUT2D eigenvalue weighted by molar-refractivity contribution is 5.77. The highest BCUT2D eigenvalue weighted by atomic mass is 16.5. The zero-order valence-corrected chi connectivity index (χ0v) is 13.6. The number of aromatic nitrogens is 2. The molecule has 0 aliphatic carbocycles. The first-order valence-corrected chi connectivity index (χ1v) is 8.33. The van der Waals surface area contributed by atoms with Gasteiger partial charge < -0.3 is 14.6 Å². The van der Waals surface area contributed by atoms with E-state index in [9.17, 15) is 0 Å². The highest BCUT2D eigenvalue weighted by Gasteiger charge is 2.26. The summed E-state index contributed by atoms with van der Waals surface area (Å²) in [5.41, 5.74) is 2.16. The average Bonchev–Trinajstić information content (AvgIpc) is 2.99. The smallest absolute Gasteiger partial charge is 0.203 e. The maximum absolute atomic E-state index is 5.51. The van der Waals surface area contributed by atoms with Crippen molar-refractivity contribution >= 4 is 17.0 Å². The van der Waals surface area contributed by atoms with Gasteiger partial charge in [-0.3, -0.25) is 4.90 Å². The molecule has 2 aromatic rings. The van der Waals surface area contributed by atoms with Crippen LogP contribution in [0.2, 0.25) is 0 Å². The molecule has 22 heavy (non-hydrogen) atoms. The van der Waals surface area contributed by atoms with Crippen LogP contribution in [-0.4, -0.2) is 60.3 Å². The van der Waals surface area contributed by atoms with E-state index in [-0.39, 0.29) is 0 Å². The number of hydrogen-bond donors (Lipinski definition) is 1. The normalized spacial score (nSPS) is 19.9. The number of fused-ring (bicyclic) bond motifs is 1. The molecule has 1 aromatic heterocycles. The summed E-state index contributed by atoms with van der Waals surface area (Å²) in [4.78, 5) is 13.1. The number of rotatable bonds is 6. The fourth-order valence-electron chi connectivity index (χ4n) is 3.18. The number of nitrogens with one attached hydrogen (secondary N) is 1. The first-order chi connectivity index (χ1) is 10.8. The molecule has 1 unspecified atom stereocenters. The van der Waals surface area contributed by atoms with Gasteiger partial charge in [-0.2, -0.15) is 0 Å². The zero-order chi connectivity index (χ0) is 15.4. The van der Waals surface area contributed by atoms with Crippen molar-refractivity contribution in [3.63, 3.8) is 0 Å². The van der Waals surface area contributed by atoms with E-state index in [0.29, 0.717) is 6.04 Å². The molecule has 1 fully saturated rings. The molecule has 5 nitrogen and oxygen atoms in total. The zero-order valence-electron chi connectivity index (χ0n) is 13.6. The number of ether oxygens (including phenoxy) is 1. The topological polar surface area (TPSA) is 44.4 Å². The second kappa shape index (κ2) is 7.11. The molecule has 2 heterocycles. The summed E-state index contributed by atoms with van der Waals surface area (Å²) in [5, 5.41) is 0. The Bertz CT molecular complexity index is 564. The Morgan fingerprint density at radius 1 is 1.27 bits per heavy atom. The van der Waals surface area contributed by atoms with Gasteiger partial charge in [0.2, 0.25) is 5.95 Å². The van der Waals surface area contributed by atoms with Crippen LogP contribution in [0.4, 0.5) is 5.95 Å². The van der Waals surface area contributed by atoms with Gasteiger partial charge in [-0.1, -0.05) is 19.1 Å². The lowest BCUT2D eigenvalue weighted by atomic mass is 10.1. The van der Waals surface area contributed by atoms with Gasteiger partial charge in [-0.05, 0) is 25.5 Å². The Hall–Kier alpha value is -1.59. The fraction of sp³-hybridized carbons (Fsp3) is 0.588. The van der Waals surface area contributed by atoms with Crippen molar-refractivity contribution < 1.29 is 4.74 Å². The summed E-state index contributed by atoms with van der Waals surface area (Å²) in [6.45, 7) is 10.1. The largest absolute Gasteiger partial charge is 0.380 e. The van der Waals surface area contributed by atoms with Gasteiger partial charge in [0.05, 0.1) is 17.6 Å². The van der Waals surface area contributed by atoms with Gasteiger partial charge in [0.15, 0.2) is 0 Å². The molecular formula is C17H26N4O. The van der Waals surface area contributed by atoms with E-state index in [0.717, 1.165) is 62.8 Å². The van der Waals surface area contributed by atoms with E-state index in [2.05, 4.69) is 40.8 Å². The molecule has 120 valence electrons. The molecule has 5 heteroatoms. The van der Waals surface area contributed by atoms with Crippen LogP contribution in [0.25, 0.3) is 11.0 Å². The van der Waals surface area contributed by atoms with Crippen molar-refractivity contribution in [1.82, 2.24) is 14.9 Å². The number of nitrogens with zero attached hydrogens (tertiary/aromatic N) is 3. The Kier molecular flexibility index (Phi) is 4.95. The molecule has 1 aliphatic rings. The number of piperazine rings is 1. The number of para-hydroxylation sites is 2. The van der Waals surface area contributed by atoms with Gasteiger partial charge >= 0.3 is 0 Å². The number of H-pyrrole nitrogens is 1. The van der Waals surface area contributed by atoms with E-state index >= 15 is 0 Å². The van der Waals surface area contributed by atoms with Crippen LogP contribution in [0.5, 0.6) is 0 Å². The first kappa shape index (κ1) is 15.3. The van der Waals surface area contributed by atoms with Crippen LogP contribution in [0.3, 0.4) is 0 Å². The minimum atomic E-state index is 0.572. The lowest BCUT2D eigenvalue weighted by Gasteiger charge is -2.41. The predicted molar refractivity (Wildman–Crippen MR) is 90.5 cm³/mol. The minimum Gasteiger partial charge on any atom is -0.380 e. The second-order valence-electron chi connectivity index (χ2n) is 5.82. The molecule has 0 spiro atoms. The van der Waals surface area contributed by atoms with Crippen molar-refractivity contribution in [3.8, 4) is 0 Å². The fourth-order valence-corrected chi connectivity index (χ4v) is 3.18. The van der Waals surface area contributed by atoms with Crippen molar-refractivity contribution in [2.75, 3.05) is 44.3 Å². The van der Waals surface area contributed by atoms with E-state index in [1.165, 1.54) is 0 Å². The number of benzene rings is 1. The van der Waals surface area contributed by atoms with Crippen LogP contribution in [0, 0.1) is 0 Å². The van der Waals surface area contributed by atoms with E-state index in [1.54, 1.807) is 0 Å². The molecule has 1 N–H and O–H groups in total. The second-order valence-corrected chi connectivity index (χ2v) is 5.82. The maximum atomic E-state index is 5.51. The van der Waals surface area contributed by atoms with E-state index < -0.39 is 0 Å². The molecule has 0 amide bonds. The summed E-state index contributed by atoms with van der Waals surface area (Å²) in [7, 11) is 0. The van der Waals surface area contributed by atoms with Crippen molar-refractivity contribution in [3.05, 3.63) is 24.3 Å². The van der Waals surface area contributed by atoms with Gasteiger partial charge in [0.25, 0.3) is 0 Å². The molecule has 1 saturated heterocycles. The predicted octanol–water partition coefficient (Wildman–Crippen LogP) is 2.50. The number of hydrogen-bond acceptors (Lipinski definition) is 4. The van der Waals surface area contributed by atoms with Crippen molar-refractivity contribution in [1.29, 1.82) is 0 Å². The van der Waals surface area contributed by atoms with Crippen LogP contribution in [-0.2, 0) is 4.74 Å². The van der Waals surface area contributed by atoms with Crippen LogP contribution in [0.1, 0.15) is 20.3 Å². The number of anilines is 1. The summed E-state index contributed by atoms with van der Waals surface area (Å²) >= 11 is 0. The summed E-state index contributed by atoms with van der Waals surface area (Å²) in [6, 6.07) is 8.80. The number of aromatic amines is 1. The Balaban J connectivity index is 1.66. The van der Waals surface area contributed by atoms with Crippen LogP contribution in [0.15, 0.2) is 24.3 Å². The molecule has 1 aromatic carbocycles. The lowest BCUT2D eigenvalue weighted by molar-refractivity contribution is 0.0868. The molecule has 0 saturated carbocycles. The Morgan fingerprint density at radius 3 is 2.91 bits per heavy atom. The van der Waals surface area contributed by atoms with Crippen LogP contribution < -0.4 is 4.90 Å². The van der Waals surface area contributed by atoms with Crippen molar-refractivity contribution in [2.45, 2.75) is 26.3 Å². The Labute approximate surface area is 132 Å². The summed E-state index contributed by atoms with van der Waals surface area (Å²) in [5.74, 6) is 1.00. The number of imidazole rings is 1. The molecule has 3 rings (SSSR count). The maximum Gasteiger partial charge on any atom is 0.203 e. The van der Waals surface area contributed by atoms with E-state index in [4.69, 9.17) is 9.72 Å². The third-order valence-electron chi connectivity index (χ3n) is 4.48. The van der Waals surface area contributed by atoms with Crippen LogP contribution >= 0.6 is 0 Å². The van der Waals surface area contributed by atoms with Gasteiger partial charge in [-0.15, -0.1) is 0 Å². The minimum absolute atomic E-state index is 0.572. The quantitative estimate of drug-likeness (QED) is 0.833. The first-order valence-electron chi connectivity index (χ1n) is 8.33.